The fourth-order valence-electron chi connectivity index (χ4n) is 5.13. The third kappa shape index (κ3) is 7.48. The first-order chi connectivity index (χ1) is 19.4. The molecule has 238 valence electrons. The van der Waals surface area contributed by atoms with Gasteiger partial charge in [0.15, 0.2) is 18.9 Å². The number of hydrogen-bond donors (Lipinski definition) is 10. The first-order valence-corrected chi connectivity index (χ1v) is 13.0. The normalized spacial score (nSPS) is 45.2. The second-order valence-corrected chi connectivity index (χ2v) is 10.0. The molecule has 1 unspecified atom stereocenters. The molecule has 0 aromatic carbocycles. The van der Waals surface area contributed by atoms with Gasteiger partial charge in [-0.3, -0.25) is 9.59 Å². The van der Waals surface area contributed by atoms with E-state index in [1.807, 2.05) is 0 Å². The van der Waals surface area contributed by atoms with Gasteiger partial charge in [0.25, 0.3) is 0 Å². The zero-order chi connectivity index (χ0) is 30.6. The number of aliphatic hydroxyl groups is 8. The number of rotatable bonds is 10. The van der Waals surface area contributed by atoms with Crippen molar-refractivity contribution in [2.24, 2.45) is 0 Å². The summed E-state index contributed by atoms with van der Waals surface area (Å²) in [6.07, 6.45) is -19.8. The zero-order valence-electron chi connectivity index (χ0n) is 22.6. The molecule has 3 aliphatic rings. The Morgan fingerprint density at radius 1 is 0.634 bits per heavy atom. The molecule has 3 aliphatic heterocycles. The van der Waals surface area contributed by atoms with Crippen molar-refractivity contribution >= 4 is 11.8 Å². The summed E-state index contributed by atoms with van der Waals surface area (Å²) in [6.45, 7) is 0.0205. The van der Waals surface area contributed by atoms with Gasteiger partial charge in [0, 0.05) is 21.0 Å². The molecular weight excluding hydrogens is 560 g/mol. The van der Waals surface area contributed by atoms with E-state index in [2.05, 4.69) is 10.6 Å². The first kappa shape index (κ1) is 33.9. The van der Waals surface area contributed by atoms with Crippen LogP contribution in [0.4, 0.5) is 0 Å². The molecule has 15 atom stereocenters. The van der Waals surface area contributed by atoms with Gasteiger partial charge in [-0.2, -0.15) is 0 Å². The van der Waals surface area contributed by atoms with Crippen molar-refractivity contribution in [1.29, 1.82) is 0 Å². The lowest BCUT2D eigenvalue weighted by atomic mass is 9.94. The molecule has 41 heavy (non-hydrogen) atoms. The fourth-order valence-corrected chi connectivity index (χ4v) is 5.13. The van der Waals surface area contributed by atoms with Crippen LogP contribution in [0.25, 0.3) is 0 Å². The molecule has 10 N–H and O–H groups in total. The highest BCUT2D eigenvalue weighted by Crippen LogP contribution is 2.32. The van der Waals surface area contributed by atoms with Gasteiger partial charge in [0.2, 0.25) is 11.8 Å². The summed E-state index contributed by atoms with van der Waals surface area (Å²) >= 11 is 0. The predicted octanol–water partition coefficient (Wildman–Crippen LogP) is -6.63. The van der Waals surface area contributed by atoms with Gasteiger partial charge in [0.1, 0.15) is 73.1 Å². The fraction of sp³-hybridized carbons (Fsp3) is 0.913. The van der Waals surface area contributed by atoms with Crippen molar-refractivity contribution in [3.05, 3.63) is 0 Å². The van der Waals surface area contributed by atoms with Crippen LogP contribution in [-0.2, 0) is 38.0 Å². The van der Waals surface area contributed by atoms with E-state index >= 15 is 0 Å². The number of ether oxygens (including phenoxy) is 6. The Bertz CT molecular complexity index is 870. The van der Waals surface area contributed by atoms with Gasteiger partial charge < -0.3 is 79.9 Å². The van der Waals surface area contributed by atoms with Crippen molar-refractivity contribution in [3.8, 4) is 0 Å². The first-order valence-electron chi connectivity index (χ1n) is 13.0. The number of carbonyl (C=O) groups excluding carboxylic acids is 2. The Morgan fingerprint density at radius 3 is 1.63 bits per heavy atom. The molecule has 2 amide bonds. The van der Waals surface area contributed by atoms with Crippen molar-refractivity contribution < 1.29 is 78.9 Å². The van der Waals surface area contributed by atoms with Gasteiger partial charge in [-0.1, -0.05) is 0 Å². The maximum atomic E-state index is 12.2. The second-order valence-electron chi connectivity index (χ2n) is 10.0. The summed E-state index contributed by atoms with van der Waals surface area (Å²) in [6, 6.07) is -2.83. The molecule has 3 fully saturated rings. The van der Waals surface area contributed by atoms with Gasteiger partial charge in [-0.25, -0.2) is 0 Å². The Hall–Kier alpha value is -1.62. The molecule has 0 aromatic heterocycles. The summed E-state index contributed by atoms with van der Waals surface area (Å²) in [5, 5.41) is 87.4. The number of aliphatic hydroxyl groups excluding tert-OH is 8. The lowest BCUT2D eigenvalue weighted by Gasteiger charge is -2.49. The van der Waals surface area contributed by atoms with Crippen LogP contribution in [-0.4, -0.2) is 172 Å². The molecule has 18 heteroatoms. The van der Waals surface area contributed by atoms with E-state index in [4.69, 9.17) is 28.4 Å². The smallest absolute Gasteiger partial charge is 0.217 e. The van der Waals surface area contributed by atoms with Crippen molar-refractivity contribution in [2.75, 3.05) is 26.9 Å². The van der Waals surface area contributed by atoms with Crippen LogP contribution in [0.2, 0.25) is 0 Å². The summed E-state index contributed by atoms with van der Waals surface area (Å²) in [7, 11) is 1.20. The number of carbonyl (C=O) groups is 2. The minimum absolute atomic E-state index is 0.619. The molecule has 0 radical (unpaired) electrons. The number of methoxy groups -OCH3 is 1. The zero-order valence-corrected chi connectivity index (χ0v) is 22.6. The lowest BCUT2D eigenvalue weighted by Crippen LogP contribution is -2.70. The predicted molar refractivity (Wildman–Crippen MR) is 129 cm³/mol. The van der Waals surface area contributed by atoms with Gasteiger partial charge in [-0.15, -0.1) is 0 Å². The SMILES string of the molecule is CO[C@H]1[C@@H](O)[C@@H](CO)O[C@@H](O[C@H]2[C@@H](O)[C@@H](CO)O[C@@H](O[C@H]3[C@H](O)[C@@H](NC(C)=O)C(O)O[C@@H]3CO)[C@@H]2NC(C)=O)[C@@H]1O. The third-order valence-electron chi connectivity index (χ3n) is 7.14. The Labute approximate surface area is 234 Å². The van der Waals surface area contributed by atoms with E-state index in [1.165, 1.54) is 7.11 Å². The molecule has 0 spiro atoms. The van der Waals surface area contributed by atoms with Crippen molar-refractivity contribution in [3.63, 3.8) is 0 Å². The molecule has 3 heterocycles. The average molecular weight is 601 g/mol. The summed E-state index contributed by atoms with van der Waals surface area (Å²) in [4.78, 5) is 23.8. The van der Waals surface area contributed by atoms with E-state index in [-0.39, 0.29) is 0 Å². The lowest BCUT2D eigenvalue weighted by molar-refractivity contribution is -0.359. The topological polar surface area (TPSA) is 275 Å². The minimum Gasteiger partial charge on any atom is -0.394 e. The molecule has 3 rings (SSSR count). The van der Waals surface area contributed by atoms with Crippen molar-refractivity contribution in [2.45, 2.75) is 106 Å². The van der Waals surface area contributed by atoms with Gasteiger partial charge in [0.05, 0.1) is 19.8 Å². The van der Waals surface area contributed by atoms with Gasteiger partial charge in [-0.05, 0) is 0 Å². The van der Waals surface area contributed by atoms with Crippen LogP contribution in [0.1, 0.15) is 13.8 Å². The number of amides is 2. The standard InChI is InChI=1S/C23H40N2O16/c1-7(29)24-12-16(33)18(11(6-28)37-21(12)35)40-22-13(25-8(2)30)19(14(31)9(4-26)38-22)41-23-17(34)20(36-3)15(32)10(5-27)39-23/h9-23,26-28,31-35H,4-6H2,1-3H3,(H,24,29)(H,25,30)/t9-,10-,11-,12-,13-,14+,15+,16-,17-,18-,19-,20+,21?,22+,23+/m1/s1. The van der Waals surface area contributed by atoms with E-state index < -0.39 is 124 Å². The molecule has 0 aliphatic carbocycles. The Balaban J connectivity index is 1.93. The van der Waals surface area contributed by atoms with E-state index in [1.54, 1.807) is 0 Å². The highest BCUT2D eigenvalue weighted by molar-refractivity contribution is 5.73. The van der Waals surface area contributed by atoms with E-state index in [0.29, 0.717) is 0 Å². The highest BCUT2D eigenvalue weighted by Gasteiger charge is 2.54. The summed E-state index contributed by atoms with van der Waals surface area (Å²) < 4.78 is 33.3. The largest absolute Gasteiger partial charge is 0.394 e. The van der Waals surface area contributed by atoms with E-state index in [9.17, 15) is 50.4 Å². The maximum Gasteiger partial charge on any atom is 0.217 e. The quantitative estimate of drug-likeness (QED) is 0.112. The van der Waals surface area contributed by atoms with Crippen LogP contribution >= 0.6 is 0 Å². The molecule has 0 bridgehead atoms. The molecule has 0 saturated carbocycles. The molecule has 3 saturated heterocycles. The van der Waals surface area contributed by atoms with Crippen LogP contribution in [0.5, 0.6) is 0 Å². The Kier molecular flexibility index (Phi) is 12.2. The summed E-state index contributed by atoms with van der Waals surface area (Å²) in [5.74, 6) is -1.28. The van der Waals surface area contributed by atoms with Crippen LogP contribution in [0, 0.1) is 0 Å². The molecule has 0 aromatic rings. The van der Waals surface area contributed by atoms with Gasteiger partial charge >= 0.3 is 0 Å². The minimum atomic E-state index is -1.72. The van der Waals surface area contributed by atoms with Crippen LogP contribution < -0.4 is 10.6 Å². The van der Waals surface area contributed by atoms with Crippen LogP contribution in [0.3, 0.4) is 0 Å². The Morgan fingerprint density at radius 2 is 1.12 bits per heavy atom. The number of hydrogen-bond acceptors (Lipinski definition) is 16. The third-order valence-corrected chi connectivity index (χ3v) is 7.14. The van der Waals surface area contributed by atoms with Crippen molar-refractivity contribution in [1.82, 2.24) is 10.6 Å². The van der Waals surface area contributed by atoms with E-state index in [0.717, 1.165) is 13.8 Å². The van der Waals surface area contributed by atoms with Crippen LogP contribution in [0.15, 0.2) is 0 Å². The molecular formula is C23H40N2O16. The average Bonchev–Trinajstić information content (AvgIpc) is 2.92. The molecule has 18 nitrogen and oxygen atoms in total. The second kappa shape index (κ2) is 14.7. The maximum absolute atomic E-state index is 12.2. The summed E-state index contributed by atoms with van der Waals surface area (Å²) in [5.41, 5.74) is 0. The monoisotopic (exact) mass is 600 g/mol. The number of nitrogens with one attached hydrogen (secondary N) is 2. The highest BCUT2D eigenvalue weighted by atomic mass is 16.7.